The summed E-state index contributed by atoms with van der Waals surface area (Å²) < 4.78 is 29.5. The molecule has 0 fully saturated rings. The van der Waals surface area contributed by atoms with Gasteiger partial charge in [-0.3, -0.25) is 0 Å². The molecule has 3 aromatic carbocycles. The largest absolute Gasteiger partial charge is 0.308 e. The van der Waals surface area contributed by atoms with Crippen molar-refractivity contribution in [2.24, 2.45) is 0 Å². The molecule has 0 radical (unpaired) electrons. The molecular formula is C25H30N2O2S. The van der Waals surface area contributed by atoms with E-state index in [-0.39, 0.29) is 10.9 Å². The van der Waals surface area contributed by atoms with E-state index >= 15 is 0 Å². The monoisotopic (exact) mass is 422 g/mol. The molecule has 2 N–H and O–H groups in total. The zero-order valence-corrected chi connectivity index (χ0v) is 18.4. The van der Waals surface area contributed by atoms with Crippen LogP contribution in [0, 0.1) is 6.92 Å². The third-order valence-electron chi connectivity index (χ3n) is 5.16. The summed E-state index contributed by atoms with van der Waals surface area (Å²) in [5.74, 6) is 0. The number of nitrogens with one attached hydrogen (secondary N) is 2. The molecule has 2 atom stereocenters. The topological polar surface area (TPSA) is 58.2 Å². The number of aryl methyl sites for hydroxylation is 1. The van der Waals surface area contributed by atoms with Crippen molar-refractivity contribution in [3.8, 4) is 0 Å². The molecule has 5 heteroatoms. The quantitative estimate of drug-likeness (QED) is 0.445. The van der Waals surface area contributed by atoms with Crippen molar-refractivity contribution in [3.63, 3.8) is 0 Å². The molecule has 0 aromatic heterocycles. The van der Waals surface area contributed by atoms with Crippen molar-refractivity contribution in [2.75, 3.05) is 6.54 Å². The van der Waals surface area contributed by atoms with Gasteiger partial charge < -0.3 is 5.32 Å². The molecule has 0 saturated carbocycles. The normalized spacial score (nSPS) is 13.7. The van der Waals surface area contributed by atoms with Crippen LogP contribution in [0.5, 0.6) is 0 Å². The first-order valence-electron chi connectivity index (χ1n) is 10.4. The highest BCUT2D eigenvalue weighted by Crippen LogP contribution is 2.31. The molecule has 0 aliphatic rings. The number of sulfonamides is 1. The van der Waals surface area contributed by atoms with Gasteiger partial charge in [0.2, 0.25) is 10.0 Å². The summed E-state index contributed by atoms with van der Waals surface area (Å²) in [6.07, 6.45) is 2.09. The van der Waals surface area contributed by atoms with Crippen molar-refractivity contribution in [3.05, 3.63) is 102 Å². The van der Waals surface area contributed by atoms with E-state index < -0.39 is 16.1 Å². The van der Waals surface area contributed by atoms with E-state index in [4.69, 9.17) is 0 Å². The van der Waals surface area contributed by atoms with Crippen LogP contribution >= 0.6 is 0 Å². The fraction of sp³-hybridized carbons (Fsp3) is 0.280. The van der Waals surface area contributed by atoms with Gasteiger partial charge in [-0.05, 0) is 43.1 Å². The van der Waals surface area contributed by atoms with Crippen LogP contribution in [0.15, 0.2) is 89.8 Å². The lowest BCUT2D eigenvalue weighted by molar-refractivity contribution is 0.419. The average molecular weight is 423 g/mol. The lowest BCUT2D eigenvalue weighted by Gasteiger charge is -2.30. The SMILES string of the molecule is CCCCN[C@@H](c1ccccc1)[C@H](NS(=O)(=O)c1ccc(C)cc1)c1ccccc1. The molecular weight excluding hydrogens is 392 g/mol. The van der Waals surface area contributed by atoms with Gasteiger partial charge in [-0.2, -0.15) is 0 Å². The third kappa shape index (κ3) is 5.79. The number of hydrogen-bond donors (Lipinski definition) is 2. The van der Waals surface area contributed by atoms with Crippen molar-refractivity contribution < 1.29 is 8.42 Å². The molecule has 3 aromatic rings. The molecule has 158 valence electrons. The summed E-state index contributed by atoms with van der Waals surface area (Å²) in [6.45, 7) is 4.90. The van der Waals surface area contributed by atoms with E-state index in [0.717, 1.165) is 36.1 Å². The van der Waals surface area contributed by atoms with Crippen LogP contribution in [0.1, 0.15) is 48.5 Å². The summed E-state index contributed by atoms with van der Waals surface area (Å²) in [4.78, 5) is 0.273. The van der Waals surface area contributed by atoms with Crippen LogP contribution in [-0.2, 0) is 10.0 Å². The number of benzene rings is 3. The molecule has 0 aliphatic carbocycles. The molecule has 0 bridgehead atoms. The molecule has 30 heavy (non-hydrogen) atoms. The smallest absolute Gasteiger partial charge is 0.241 e. The fourth-order valence-electron chi connectivity index (χ4n) is 3.46. The summed E-state index contributed by atoms with van der Waals surface area (Å²) in [6, 6.07) is 26.1. The van der Waals surface area contributed by atoms with Crippen LogP contribution < -0.4 is 10.0 Å². The standard InChI is InChI=1S/C25H30N2O2S/c1-3-4-19-26-24(21-11-7-5-8-12-21)25(22-13-9-6-10-14-22)27-30(28,29)23-17-15-20(2)16-18-23/h5-18,24-27H,3-4,19H2,1-2H3/t24-,25+/m0/s1. The van der Waals surface area contributed by atoms with Gasteiger partial charge in [-0.1, -0.05) is 91.7 Å². The maximum Gasteiger partial charge on any atom is 0.241 e. The van der Waals surface area contributed by atoms with Crippen molar-refractivity contribution >= 4 is 10.0 Å². The van der Waals surface area contributed by atoms with Gasteiger partial charge in [0, 0.05) is 0 Å². The second-order valence-corrected chi connectivity index (χ2v) is 9.23. The third-order valence-corrected chi connectivity index (χ3v) is 6.62. The Morgan fingerprint density at radius 1 is 0.767 bits per heavy atom. The van der Waals surface area contributed by atoms with E-state index in [1.807, 2.05) is 79.7 Å². The zero-order chi connectivity index (χ0) is 21.4. The predicted molar refractivity (Wildman–Crippen MR) is 123 cm³/mol. The average Bonchev–Trinajstić information content (AvgIpc) is 2.77. The van der Waals surface area contributed by atoms with Crippen molar-refractivity contribution in [2.45, 2.75) is 43.7 Å². The maximum absolute atomic E-state index is 13.3. The van der Waals surface area contributed by atoms with E-state index in [0.29, 0.717) is 0 Å². The molecule has 0 unspecified atom stereocenters. The van der Waals surface area contributed by atoms with Crippen molar-refractivity contribution in [1.29, 1.82) is 0 Å². The zero-order valence-electron chi connectivity index (χ0n) is 17.6. The van der Waals surface area contributed by atoms with E-state index in [1.165, 1.54) is 0 Å². The minimum absolute atomic E-state index is 0.194. The number of hydrogen-bond acceptors (Lipinski definition) is 3. The van der Waals surface area contributed by atoms with Gasteiger partial charge >= 0.3 is 0 Å². The van der Waals surface area contributed by atoms with E-state index in [2.05, 4.69) is 17.0 Å². The molecule has 0 amide bonds. The lowest BCUT2D eigenvalue weighted by atomic mass is 9.94. The van der Waals surface area contributed by atoms with Crippen LogP contribution in [0.25, 0.3) is 0 Å². The Hall–Kier alpha value is -2.47. The molecule has 3 rings (SSSR count). The molecule has 0 aliphatic heterocycles. The Balaban J connectivity index is 2.00. The van der Waals surface area contributed by atoms with Gasteiger partial charge in [-0.15, -0.1) is 0 Å². The summed E-state index contributed by atoms with van der Waals surface area (Å²) in [7, 11) is -3.70. The van der Waals surface area contributed by atoms with E-state index in [9.17, 15) is 8.42 Å². The van der Waals surface area contributed by atoms with E-state index in [1.54, 1.807) is 12.1 Å². The van der Waals surface area contributed by atoms with Crippen LogP contribution in [-0.4, -0.2) is 15.0 Å². The van der Waals surface area contributed by atoms with Gasteiger partial charge in [0.25, 0.3) is 0 Å². The Labute approximate surface area is 180 Å². The first kappa shape index (κ1) is 22.2. The Kier molecular flexibility index (Phi) is 7.80. The predicted octanol–water partition coefficient (Wildman–Crippen LogP) is 5.15. The molecule has 0 saturated heterocycles. The first-order valence-corrected chi connectivity index (χ1v) is 11.9. The van der Waals surface area contributed by atoms with Gasteiger partial charge in [0.05, 0.1) is 17.0 Å². The second-order valence-electron chi connectivity index (χ2n) is 7.52. The highest BCUT2D eigenvalue weighted by atomic mass is 32.2. The minimum Gasteiger partial charge on any atom is -0.308 e. The van der Waals surface area contributed by atoms with Crippen LogP contribution in [0.4, 0.5) is 0 Å². The molecule has 0 spiro atoms. The highest BCUT2D eigenvalue weighted by molar-refractivity contribution is 7.89. The summed E-state index contributed by atoms with van der Waals surface area (Å²) >= 11 is 0. The second kappa shape index (κ2) is 10.5. The lowest BCUT2D eigenvalue weighted by Crippen LogP contribution is -2.38. The fourth-order valence-corrected chi connectivity index (χ4v) is 4.70. The Morgan fingerprint density at radius 2 is 1.30 bits per heavy atom. The highest BCUT2D eigenvalue weighted by Gasteiger charge is 2.29. The summed E-state index contributed by atoms with van der Waals surface area (Å²) in [5, 5.41) is 3.59. The van der Waals surface area contributed by atoms with Gasteiger partial charge in [-0.25, -0.2) is 13.1 Å². The molecule has 0 heterocycles. The Morgan fingerprint density at radius 3 is 1.83 bits per heavy atom. The van der Waals surface area contributed by atoms with Gasteiger partial charge in [0.15, 0.2) is 0 Å². The Bertz CT molecular complexity index is 1000. The van der Waals surface area contributed by atoms with Crippen LogP contribution in [0.2, 0.25) is 0 Å². The first-order chi connectivity index (χ1) is 14.5. The van der Waals surface area contributed by atoms with Gasteiger partial charge in [0.1, 0.15) is 0 Å². The van der Waals surface area contributed by atoms with Crippen LogP contribution in [0.3, 0.4) is 0 Å². The minimum atomic E-state index is -3.70. The number of rotatable bonds is 10. The summed E-state index contributed by atoms with van der Waals surface area (Å²) in [5.41, 5.74) is 3.00. The van der Waals surface area contributed by atoms with Crippen molar-refractivity contribution in [1.82, 2.24) is 10.0 Å². The molecule has 4 nitrogen and oxygen atoms in total. The maximum atomic E-state index is 13.3. The number of unbranched alkanes of at least 4 members (excludes halogenated alkanes) is 1.